The van der Waals surface area contributed by atoms with Gasteiger partial charge in [-0.1, -0.05) is 19.9 Å². The van der Waals surface area contributed by atoms with Crippen LogP contribution in [-0.2, 0) is 11.2 Å². The molecule has 1 atom stereocenters. The average Bonchev–Trinajstić information content (AvgIpc) is 2.81. The Labute approximate surface area is 112 Å². The van der Waals surface area contributed by atoms with E-state index in [9.17, 15) is 9.59 Å². The van der Waals surface area contributed by atoms with E-state index < -0.39 is 12.0 Å². The molecule has 5 nitrogen and oxygen atoms in total. The standard InChI is InChI=1S/C14H18N2O3/c1-8(2)12(14(18)19)16-13(17)10-4-3-9-5-6-15-11(9)7-10/h3-4,7-8,12,15H,5-6H2,1-2H3,(H,16,17)(H,18,19)/t12-/m1/s1. The lowest BCUT2D eigenvalue weighted by Gasteiger charge is -2.18. The molecule has 1 heterocycles. The minimum Gasteiger partial charge on any atom is -0.480 e. The molecule has 1 aromatic carbocycles. The lowest BCUT2D eigenvalue weighted by Crippen LogP contribution is -2.44. The van der Waals surface area contributed by atoms with Crippen molar-refractivity contribution in [3.63, 3.8) is 0 Å². The molecule has 0 aliphatic carbocycles. The SMILES string of the molecule is CC(C)[C@@H](NC(=O)c1ccc2c(c1)NCC2)C(=O)O. The average molecular weight is 262 g/mol. The summed E-state index contributed by atoms with van der Waals surface area (Å²) >= 11 is 0. The van der Waals surface area contributed by atoms with Crippen LogP contribution < -0.4 is 10.6 Å². The van der Waals surface area contributed by atoms with Crippen molar-refractivity contribution >= 4 is 17.6 Å². The summed E-state index contributed by atoms with van der Waals surface area (Å²) < 4.78 is 0. The van der Waals surface area contributed by atoms with E-state index in [2.05, 4.69) is 10.6 Å². The van der Waals surface area contributed by atoms with Gasteiger partial charge in [-0.05, 0) is 30.0 Å². The van der Waals surface area contributed by atoms with E-state index in [0.29, 0.717) is 5.56 Å². The molecule has 0 unspecified atom stereocenters. The van der Waals surface area contributed by atoms with E-state index in [1.54, 1.807) is 26.0 Å². The van der Waals surface area contributed by atoms with Gasteiger partial charge in [0.25, 0.3) is 5.91 Å². The van der Waals surface area contributed by atoms with Crippen LogP contribution in [0.15, 0.2) is 18.2 Å². The van der Waals surface area contributed by atoms with Crippen molar-refractivity contribution in [3.8, 4) is 0 Å². The van der Waals surface area contributed by atoms with Gasteiger partial charge in [0.2, 0.25) is 0 Å². The molecule has 5 heteroatoms. The maximum Gasteiger partial charge on any atom is 0.326 e. The number of benzene rings is 1. The summed E-state index contributed by atoms with van der Waals surface area (Å²) in [4.78, 5) is 23.1. The maximum absolute atomic E-state index is 12.1. The third-order valence-electron chi connectivity index (χ3n) is 3.30. The number of carbonyl (C=O) groups is 2. The normalized spacial score (nSPS) is 14.7. The lowest BCUT2D eigenvalue weighted by molar-refractivity contribution is -0.140. The predicted octanol–water partition coefficient (Wildman–Crippen LogP) is 1.49. The predicted molar refractivity (Wildman–Crippen MR) is 72.4 cm³/mol. The molecule has 3 N–H and O–H groups in total. The molecule has 19 heavy (non-hydrogen) atoms. The van der Waals surface area contributed by atoms with Gasteiger partial charge in [0.05, 0.1) is 0 Å². The minimum atomic E-state index is -1.01. The first kappa shape index (κ1) is 13.4. The van der Waals surface area contributed by atoms with Crippen molar-refractivity contribution in [1.29, 1.82) is 0 Å². The fraction of sp³-hybridized carbons (Fsp3) is 0.429. The number of carbonyl (C=O) groups excluding carboxylic acids is 1. The Morgan fingerprint density at radius 1 is 1.37 bits per heavy atom. The molecule has 0 aromatic heterocycles. The quantitative estimate of drug-likeness (QED) is 0.768. The van der Waals surface area contributed by atoms with Crippen LogP contribution in [0.1, 0.15) is 29.8 Å². The number of fused-ring (bicyclic) bond motifs is 1. The Hall–Kier alpha value is -2.04. The number of carboxylic acids is 1. The number of hydrogen-bond donors (Lipinski definition) is 3. The number of nitrogens with one attached hydrogen (secondary N) is 2. The summed E-state index contributed by atoms with van der Waals surface area (Å²) in [5, 5.41) is 14.8. The van der Waals surface area contributed by atoms with E-state index in [1.807, 2.05) is 6.07 Å². The molecule has 0 radical (unpaired) electrons. The molecular weight excluding hydrogens is 244 g/mol. The number of hydrogen-bond acceptors (Lipinski definition) is 3. The van der Waals surface area contributed by atoms with Gasteiger partial charge >= 0.3 is 5.97 Å². The minimum absolute atomic E-state index is 0.158. The highest BCUT2D eigenvalue weighted by atomic mass is 16.4. The Kier molecular flexibility index (Phi) is 3.74. The third-order valence-corrected chi connectivity index (χ3v) is 3.30. The van der Waals surface area contributed by atoms with E-state index >= 15 is 0 Å². The summed E-state index contributed by atoms with van der Waals surface area (Å²) in [5.74, 6) is -1.52. The number of aliphatic carboxylic acids is 1. The molecule has 0 fully saturated rings. The molecule has 1 aliphatic rings. The van der Waals surface area contributed by atoms with Crippen molar-refractivity contribution in [3.05, 3.63) is 29.3 Å². The fourth-order valence-electron chi connectivity index (χ4n) is 2.17. The topological polar surface area (TPSA) is 78.4 Å². The molecule has 102 valence electrons. The highest BCUT2D eigenvalue weighted by molar-refractivity contribution is 5.97. The first-order valence-electron chi connectivity index (χ1n) is 6.39. The van der Waals surface area contributed by atoms with Gasteiger partial charge in [0.15, 0.2) is 0 Å². The van der Waals surface area contributed by atoms with Crippen LogP contribution in [0.3, 0.4) is 0 Å². The largest absolute Gasteiger partial charge is 0.480 e. The van der Waals surface area contributed by atoms with Gasteiger partial charge in [0, 0.05) is 17.8 Å². The Balaban J connectivity index is 2.13. The third kappa shape index (κ3) is 2.86. The molecule has 2 rings (SSSR count). The van der Waals surface area contributed by atoms with Crippen LogP contribution in [0.2, 0.25) is 0 Å². The Morgan fingerprint density at radius 2 is 2.11 bits per heavy atom. The molecular formula is C14H18N2O3. The zero-order chi connectivity index (χ0) is 14.0. The Bertz CT molecular complexity index is 511. The highest BCUT2D eigenvalue weighted by Gasteiger charge is 2.24. The van der Waals surface area contributed by atoms with Gasteiger partial charge in [-0.2, -0.15) is 0 Å². The second kappa shape index (κ2) is 5.30. The van der Waals surface area contributed by atoms with E-state index in [1.165, 1.54) is 5.56 Å². The molecule has 0 saturated heterocycles. The molecule has 1 aliphatic heterocycles. The number of rotatable bonds is 4. The molecule has 1 amide bonds. The maximum atomic E-state index is 12.1. The molecule has 0 bridgehead atoms. The van der Waals surface area contributed by atoms with Crippen molar-refractivity contribution in [1.82, 2.24) is 5.32 Å². The Morgan fingerprint density at radius 3 is 2.74 bits per heavy atom. The van der Waals surface area contributed by atoms with Crippen LogP contribution >= 0.6 is 0 Å². The van der Waals surface area contributed by atoms with Crippen molar-refractivity contribution in [2.24, 2.45) is 5.92 Å². The summed E-state index contributed by atoms with van der Waals surface area (Å²) in [6.07, 6.45) is 0.959. The lowest BCUT2D eigenvalue weighted by atomic mass is 10.0. The smallest absolute Gasteiger partial charge is 0.326 e. The monoisotopic (exact) mass is 262 g/mol. The first-order valence-corrected chi connectivity index (χ1v) is 6.39. The van der Waals surface area contributed by atoms with Crippen LogP contribution in [0, 0.1) is 5.92 Å². The number of amides is 1. The number of carboxylic acid groups (broad SMARTS) is 1. The second-order valence-electron chi connectivity index (χ2n) is 5.08. The summed E-state index contributed by atoms with van der Waals surface area (Å²) in [6.45, 7) is 4.41. The van der Waals surface area contributed by atoms with Gasteiger partial charge in [-0.15, -0.1) is 0 Å². The summed E-state index contributed by atoms with van der Waals surface area (Å²) in [6, 6.07) is 4.56. The van der Waals surface area contributed by atoms with Crippen LogP contribution in [0.4, 0.5) is 5.69 Å². The van der Waals surface area contributed by atoms with E-state index in [4.69, 9.17) is 5.11 Å². The fourth-order valence-corrected chi connectivity index (χ4v) is 2.17. The van der Waals surface area contributed by atoms with Gasteiger partial charge in [0.1, 0.15) is 6.04 Å². The summed E-state index contributed by atoms with van der Waals surface area (Å²) in [5.41, 5.74) is 2.64. The molecule has 1 aromatic rings. The zero-order valence-electron chi connectivity index (χ0n) is 11.1. The number of anilines is 1. The van der Waals surface area contributed by atoms with Gasteiger partial charge < -0.3 is 15.7 Å². The molecule has 0 saturated carbocycles. The first-order chi connectivity index (χ1) is 8.99. The van der Waals surface area contributed by atoms with Crippen molar-refractivity contribution < 1.29 is 14.7 Å². The van der Waals surface area contributed by atoms with Gasteiger partial charge in [-0.3, -0.25) is 4.79 Å². The van der Waals surface area contributed by atoms with E-state index in [-0.39, 0.29) is 11.8 Å². The van der Waals surface area contributed by atoms with Crippen molar-refractivity contribution in [2.45, 2.75) is 26.3 Å². The van der Waals surface area contributed by atoms with Crippen LogP contribution in [0.25, 0.3) is 0 Å². The highest BCUT2D eigenvalue weighted by Crippen LogP contribution is 2.23. The zero-order valence-corrected chi connectivity index (χ0v) is 11.1. The van der Waals surface area contributed by atoms with Crippen molar-refractivity contribution in [2.75, 3.05) is 11.9 Å². The summed E-state index contributed by atoms with van der Waals surface area (Å²) in [7, 11) is 0. The van der Waals surface area contributed by atoms with Gasteiger partial charge in [-0.25, -0.2) is 4.79 Å². The van der Waals surface area contributed by atoms with E-state index in [0.717, 1.165) is 18.7 Å². The second-order valence-corrected chi connectivity index (χ2v) is 5.08. The van der Waals surface area contributed by atoms with Crippen LogP contribution in [0.5, 0.6) is 0 Å². The molecule has 0 spiro atoms. The van der Waals surface area contributed by atoms with Crippen LogP contribution in [-0.4, -0.2) is 29.6 Å².